The van der Waals surface area contributed by atoms with Crippen LogP contribution in [0.1, 0.15) is 43.7 Å². The van der Waals surface area contributed by atoms with E-state index in [0.29, 0.717) is 5.03 Å². The number of carbonyl (C=O) groups is 4. The van der Waals surface area contributed by atoms with Gasteiger partial charge in [-0.1, -0.05) is 77.4 Å². The molecule has 3 aromatic rings. The number of aromatic nitrogens is 1. The average Bonchev–Trinajstić information content (AvgIpc) is 3.49. The van der Waals surface area contributed by atoms with Crippen LogP contribution >= 0.6 is 34.7 Å². The zero-order valence-electron chi connectivity index (χ0n) is 25.6. The van der Waals surface area contributed by atoms with Crippen LogP contribution in [-0.4, -0.2) is 69.2 Å². The first-order chi connectivity index (χ1) is 22.4. The van der Waals surface area contributed by atoms with E-state index in [0.717, 1.165) is 22.5 Å². The lowest BCUT2D eigenvalue weighted by Gasteiger charge is -2.48. The van der Waals surface area contributed by atoms with Crippen molar-refractivity contribution >= 4 is 69.3 Å². The van der Waals surface area contributed by atoms with Crippen LogP contribution in [0.2, 0.25) is 0 Å². The minimum absolute atomic E-state index is 0.000545. The molecular weight excluding hydrogens is 666 g/mol. The normalized spacial score (nSPS) is 19.3. The number of nitrogens with one attached hydrogen (secondary N) is 1. The van der Waals surface area contributed by atoms with Crippen LogP contribution < -0.4 is 11.1 Å². The Kier molecular flexibility index (Phi) is 10.5. The summed E-state index contributed by atoms with van der Waals surface area (Å²) in [6.07, 6.45) is 0.786. The number of benzene rings is 2. The second-order valence-corrected chi connectivity index (χ2v) is 14.2. The number of thioether (sulfide) groups is 1. The molecule has 1 fully saturated rings. The SMILES string of the molecule is CC(C)(C)C(=O)OCC1S[C@@H]2C(NC(=O)C(=NOCC(=O)OC(c3ccccc3)c3ccccc3)c3csc(N)n3)C(=O)N2C=C1Cl. The van der Waals surface area contributed by atoms with Crippen molar-refractivity contribution in [1.29, 1.82) is 0 Å². The molecule has 0 aliphatic carbocycles. The van der Waals surface area contributed by atoms with Crippen molar-refractivity contribution in [2.75, 3.05) is 18.9 Å². The molecule has 5 rings (SSSR count). The van der Waals surface area contributed by atoms with Crippen molar-refractivity contribution < 1.29 is 33.5 Å². The zero-order chi connectivity index (χ0) is 33.7. The van der Waals surface area contributed by atoms with Gasteiger partial charge in [0.25, 0.3) is 11.8 Å². The number of oxime groups is 1. The van der Waals surface area contributed by atoms with Crippen molar-refractivity contribution in [3.8, 4) is 0 Å². The predicted molar refractivity (Wildman–Crippen MR) is 178 cm³/mol. The van der Waals surface area contributed by atoms with Gasteiger partial charge in [0.05, 0.1) is 15.7 Å². The Balaban J connectivity index is 1.25. The molecule has 2 aliphatic heterocycles. The van der Waals surface area contributed by atoms with Crippen molar-refractivity contribution in [2.45, 2.75) is 43.5 Å². The standard InChI is InChI=1S/C32H32ClN5O7S2/c1-32(2,3)30(42)43-15-22-20(33)14-38-28(41)25(29(38)47-22)36-27(40)24(21-17-46-31(34)35-21)37-44-16-23(39)45-26(18-10-6-4-7-11-18)19-12-8-5-9-13-19/h4-14,17,22,25-26,29H,15-16H2,1-3H3,(H2,34,35)(H,36,40)/t22?,25?,29-/m1/s1. The van der Waals surface area contributed by atoms with Gasteiger partial charge in [0, 0.05) is 11.6 Å². The molecule has 3 heterocycles. The molecular formula is C32H32ClN5O7S2. The minimum Gasteiger partial charge on any atom is -0.464 e. The van der Waals surface area contributed by atoms with Gasteiger partial charge in [-0.2, -0.15) is 0 Å². The van der Waals surface area contributed by atoms with Gasteiger partial charge in [-0.25, -0.2) is 9.78 Å². The number of hydrogen-bond acceptors (Lipinski definition) is 12. The highest BCUT2D eigenvalue weighted by atomic mass is 35.5. The highest BCUT2D eigenvalue weighted by Gasteiger charge is 2.52. The van der Waals surface area contributed by atoms with Crippen LogP contribution in [-0.2, 0) is 33.5 Å². The molecule has 2 aromatic carbocycles. The van der Waals surface area contributed by atoms with Gasteiger partial charge in [-0.3, -0.25) is 14.4 Å². The Morgan fingerprint density at radius 2 is 1.72 bits per heavy atom. The first-order valence-corrected chi connectivity index (χ1v) is 16.7. The second kappa shape index (κ2) is 14.6. The number of nitrogens with two attached hydrogens (primary N) is 1. The molecule has 3 atom stereocenters. The van der Waals surface area contributed by atoms with Gasteiger partial charge < -0.3 is 30.3 Å². The van der Waals surface area contributed by atoms with Crippen molar-refractivity contribution in [1.82, 2.24) is 15.2 Å². The Morgan fingerprint density at radius 3 is 2.30 bits per heavy atom. The summed E-state index contributed by atoms with van der Waals surface area (Å²) < 4.78 is 11.2. The molecule has 3 N–H and O–H groups in total. The van der Waals surface area contributed by atoms with Crippen molar-refractivity contribution in [3.05, 3.63) is 94.1 Å². The maximum atomic E-state index is 13.5. The third-order valence-corrected chi connectivity index (χ3v) is 9.65. The zero-order valence-corrected chi connectivity index (χ0v) is 28.0. The number of nitrogen functional groups attached to an aromatic ring is 1. The summed E-state index contributed by atoms with van der Waals surface area (Å²) in [5.41, 5.74) is 6.44. The third-order valence-electron chi connectivity index (χ3n) is 6.99. The Morgan fingerprint density at radius 1 is 1.09 bits per heavy atom. The van der Waals surface area contributed by atoms with Crippen LogP contribution in [0.4, 0.5) is 5.13 Å². The van der Waals surface area contributed by atoms with Gasteiger partial charge >= 0.3 is 11.9 Å². The van der Waals surface area contributed by atoms with Crippen molar-refractivity contribution in [2.24, 2.45) is 10.6 Å². The van der Waals surface area contributed by atoms with E-state index in [2.05, 4.69) is 15.5 Å². The van der Waals surface area contributed by atoms with Gasteiger partial charge in [-0.15, -0.1) is 23.1 Å². The lowest BCUT2D eigenvalue weighted by atomic mass is 9.97. The van der Waals surface area contributed by atoms with E-state index in [9.17, 15) is 19.2 Å². The van der Waals surface area contributed by atoms with Crippen LogP contribution in [0, 0.1) is 5.41 Å². The number of carbonyl (C=O) groups excluding carboxylic acids is 4. The lowest BCUT2D eigenvalue weighted by molar-refractivity contribution is -0.153. The van der Waals surface area contributed by atoms with Crippen molar-refractivity contribution in [3.63, 3.8) is 0 Å². The van der Waals surface area contributed by atoms with Crippen LogP contribution in [0.15, 0.2) is 82.4 Å². The molecule has 2 aliphatic rings. The quantitative estimate of drug-likeness (QED) is 0.128. The Labute approximate surface area is 284 Å². The number of ether oxygens (including phenoxy) is 2. The first kappa shape index (κ1) is 33.9. The maximum absolute atomic E-state index is 13.5. The van der Waals surface area contributed by atoms with Gasteiger partial charge in [0.2, 0.25) is 6.61 Å². The number of nitrogens with zero attached hydrogens (tertiary/aromatic N) is 3. The highest BCUT2D eigenvalue weighted by molar-refractivity contribution is 8.01. The molecule has 47 heavy (non-hydrogen) atoms. The molecule has 246 valence electrons. The summed E-state index contributed by atoms with van der Waals surface area (Å²) in [4.78, 5) is 62.4. The number of thiazole rings is 1. The van der Waals surface area contributed by atoms with E-state index < -0.39 is 52.6 Å². The maximum Gasteiger partial charge on any atom is 0.347 e. The largest absolute Gasteiger partial charge is 0.464 e. The number of esters is 2. The minimum atomic E-state index is -0.946. The summed E-state index contributed by atoms with van der Waals surface area (Å²) in [7, 11) is 0. The van der Waals surface area contributed by atoms with Crippen LogP contribution in [0.3, 0.4) is 0 Å². The van der Waals surface area contributed by atoms with E-state index >= 15 is 0 Å². The second-order valence-electron chi connectivity index (χ2n) is 11.5. The van der Waals surface area contributed by atoms with Gasteiger partial charge in [-0.05, 0) is 31.9 Å². The fourth-order valence-corrected chi connectivity index (χ4v) is 6.73. The van der Waals surface area contributed by atoms with E-state index in [4.69, 9.17) is 31.6 Å². The first-order valence-electron chi connectivity index (χ1n) is 14.5. The molecule has 2 unspecified atom stereocenters. The number of rotatable bonds is 11. The molecule has 0 bridgehead atoms. The highest BCUT2D eigenvalue weighted by Crippen LogP contribution is 2.42. The van der Waals surface area contributed by atoms with Crippen LogP contribution in [0.5, 0.6) is 0 Å². The monoisotopic (exact) mass is 697 g/mol. The van der Waals surface area contributed by atoms with E-state index in [1.54, 1.807) is 20.8 Å². The topological polar surface area (TPSA) is 163 Å². The molecule has 0 spiro atoms. The summed E-state index contributed by atoms with van der Waals surface area (Å²) in [5, 5.41) is 7.65. The Bertz CT molecular complexity index is 1650. The molecule has 0 saturated carbocycles. The van der Waals surface area contributed by atoms with E-state index in [1.165, 1.54) is 28.2 Å². The lowest BCUT2D eigenvalue weighted by Crippen LogP contribution is -2.69. The average molecular weight is 698 g/mol. The molecule has 0 radical (unpaired) electrons. The fraction of sp³-hybridized carbons (Fsp3) is 0.312. The smallest absolute Gasteiger partial charge is 0.347 e. The van der Waals surface area contributed by atoms with Gasteiger partial charge in [0.15, 0.2) is 16.9 Å². The summed E-state index contributed by atoms with van der Waals surface area (Å²) in [6.45, 7) is 4.62. The number of halogens is 1. The summed E-state index contributed by atoms with van der Waals surface area (Å²) in [5.74, 6) is -2.28. The third kappa shape index (κ3) is 8.13. The number of β-lactam (4-membered cyclic amide) rings is 1. The predicted octanol–water partition coefficient (Wildman–Crippen LogP) is 4.22. The van der Waals surface area contributed by atoms with E-state index in [1.807, 2.05) is 60.7 Å². The molecule has 1 aromatic heterocycles. The number of anilines is 1. The molecule has 15 heteroatoms. The molecule has 12 nitrogen and oxygen atoms in total. The number of hydrogen-bond donors (Lipinski definition) is 2. The van der Waals surface area contributed by atoms with E-state index in [-0.39, 0.29) is 29.1 Å². The summed E-state index contributed by atoms with van der Waals surface area (Å²) >= 11 is 8.74. The fourth-order valence-electron chi connectivity index (χ4n) is 4.55. The number of amides is 2. The molecule has 1 saturated heterocycles. The van der Waals surface area contributed by atoms with Gasteiger partial charge in [0.1, 0.15) is 23.7 Å². The molecule has 2 amide bonds. The number of fused-ring (bicyclic) bond motifs is 1. The van der Waals surface area contributed by atoms with Crippen LogP contribution in [0.25, 0.3) is 0 Å². The Hall–Kier alpha value is -4.40. The summed E-state index contributed by atoms with van der Waals surface area (Å²) in [6, 6.07) is 17.5.